The standard InChI is InChI=1S/C21H14N4OS/c26-21(22-13-6-2-1-3-7-13)23-14-10-11-18-15(12-14)19-20(27-18)25-17-9-5-4-8-16(17)24-19/h1-12H,(H2,22,23,26). The Balaban J connectivity index is 1.51. The molecule has 0 fully saturated rings. The molecule has 0 saturated carbocycles. The van der Waals surface area contributed by atoms with E-state index in [4.69, 9.17) is 9.97 Å². The number of nitrogens with zero attached hydrogens (tertiary/aromatic N) is 2. The van der Waals surface area contributed by atoms with Crippen molar-refractivity contribution >= 4 is 60.2 Å². The minimum Gasteiger partial charge on any atom is -0.308 e. The number of anilines is 2. The summed E-state index contributed by atoms with van der Waals surface area (Å²) < 4.78 is 1.09. The number of carbonyl (C=O) groups excluding carboxylic acids is 1. The molecule has 0 spiro atoms. The summed E-state index contributed by atoms with van der Waals surface area (Å²) in [6.45, 7) is 0. The first-order valence-electron chi connectivity index (χ1n) is 8.48. The molecule has 0 radical (unpaired) electrons. The third kappa shape index (κ3) is 2.96. The van der Waals surface area contributed by atoms with Gasteiger partial charge in [0.2, 0.25) is 0 Å². The molecule has 0 saturated heterocycles. The van der Waals surface area contributed by atoms with Crippen molar-refractivity contribution in [3.63, 3.8) is 0 Å². The van der Waals surface area contributed by atoms with Crippen LogP contribution in [0.3, 0.4) is 0 Å². The smallest absolute Gasteiger partial charge is 0.308 e. The Labute approximate surface area is 158 Å². The second-order valence-electron chi connectivity index (χ2n) is 6.12. The van der Waals surface area contributed by atoms with Crippen molar-refractivity contribution in [1.29, 1.82) is 0 Å². The zero-order chi connectivity index (χ0) is 18.2. The molecule has 27 heavy (non-hydrogen) atoms. The van der Waals surface area contributed by atoms with Crippen LogP contribution in [0.25, 0.3) is 31.5 Å². The molecule has 130 valence electrons. The predicted molar refractivity (Wildman–Crippen MR) is 112 cm³/mol. The minimum absolute atomic E-state index is 0.281. The highest BCUT2D eigenvalue weighted by Gasteiger charge is 2.11. The number of amides is 2. The van der Waals surface area contributed by atoms with Gasteiger partial charge in [-0.25, -0.2) is 14.8 Å². The van der Waals surface area contributed by atoms with Crippen LogP contribution in [-0.4, -0.2) is 16.0 Å². The summed E-state index contributed by atoms with van der Waals surface area (Å²) in [5.41, 5.74) is 4.07. The van der Waals surface area contributed by atoms with E-state index in [9.17, 15) is 4.79 Å². The Hall–Kier alpha value is -3.51. The van der Waals surface area contributed by atoms with Crippen molar-refractivity contribution in [3.05, 3.63) is 72.8 Å². The first kappa shape index (κ1) is 15.7. The van der Waals surface area contributed by atoms with Crippen LogP contribution in [0.5, 0.6) is 0 Å². The Morgan fingerprint density at radius 3 is 2.30 bits per heavy atom. The number of thiophene rings is 1. The molecule has 2 aromatic heterocycles. The number of carbonyl (C=O) groups is 1. The van der Waals surface area contributed by atoms with E-state index in [1.807, 2.05) is 72.8 Å². The SMILES string of the molecule is O=C(Nc1ccccc1)Nc1ccc2sc3nc4ccccc4nc3c2c1. The van der Waals surface area contributed by atoms with Gasteiger partial charge in [0.15, 0.2) is 0 Å². The lowest BCUT2D eigenvalue weighted by Crippen LogP contribution is -2.19. The molecule has 3 aromatic carbocycles. The van der Waals surface area contributed by atoms with E-state index in [0.717, 1.165) is 37.2 Å². The number of hydrogen-bond donors (Lipinski definition) is 2. The number of hydrogen-bond acceptors (Lipinski definition) is 4. The second kappa shape index (κ2) is 6.34. The number of benzene rings is 3. The number of aromatic nitrogens is 2. The number of para-hydroxylation sites is 3. The van der Waals surface area contributed by atoms with Gasteiger partial charge in [-0.1, -0.05) is 30.3 Å². The summed E-state index contributed by atoms with van der Waals surface area (Å²) in [4.78, 5) is 22.6. The lowest BCUT2D eigenvalue weighted by Gasteiger charge is -2.07. The fourth-order valence-electron chi connectivity index (χ4n) is 3.03. The van der Waals surface area contributed by atoms with Gasteiger partial charge in [0.05, 0.1) is 11.0 Å². The van der Waals surface area contributed by atoms with Crippen LogP contribution in [0, 0.1) is 0 Å². The summed E-state index contributed by atoms with van der Waals surface area (Å²) in [5.74, 6) is 0. The van der Waals surface area contributed by atoms with Gasteiger partial charge in [0.25, 0.3) is 0 Å². The van der Waals surface area contributed by atoms with Gasteiger partial charge in [-0.05, 0) is 42.5 Å². The van der Waals surface area contributed by atoms with E-state index in [2.05, 4.69) is 10.6 Å². The average molecular weight is 370 g/mol. The number of fused-ring (bicyclic) bond motifs is 4. The van der Waals surface area contributed by atoms with Crippen molar-refractivity contribution in [3.8, 4) is 0 Å². The van der Waals surface area contributed by atoms with E-state index in [1.54, 1.807) is 11.3 Å². The molecule has 2 amide bonds. The fourth-order valence-corrected chi connectivity index (χ4v) is 4.04. The van der Waals surface area contributed by atoms with Crippen molar-refractivity contribution in [2.75, 3.05) is 10.6 Å². The van der Waals surface area contributed by atoms with Crippen LogP contribution in [0.4, 0.5) is 16.2 Å². The Bertz CT molecular complexity index is 1300. The number of nitrogens with one attached hydrogen (secondary N) is 2. The van der Waals surface area contributed by atoms with Gasteiger partial charge < -0.3 is 10.6 Å². The molecule has 0 aliphatic heterocycles. The molecule has 5 rings (SSSR count). The third-order valence-electron chi connectivity index (χ3n) is 4.27. The Morgan fingerprint density at radius 2 is 1.48 bits per heavy atom. The summed E-state index contributed by atoms with van der Waals surface area (Å²) in [5, 5.41) is 6.69. The monoisotopic (exact) mass is 370 g/mol. The van der Waals surface area contributed by atoms with Crippen molar-refractivity contribution < 1.29 is 4.79 Å². The van der Waals surface area contributed by atoms with E-state index < -0.39 is 0 Å². The van der Waals surface area contributed by atoms with E-state index in [-0.39, 0.29) is 6.03 Å². The molecule has 5 aromatic rings. The van der Waals surface area contributed by atoms with Crippen LogP contribution < -0.4 is 10.6 Å². The molecule has 0 bridgehead atoms. The Morgan fingerprint density at radius 1 is 0.778 bits per heavy atom. The first-order valence-corrected chi connectivity index (χ1v) is 9.30. The van der Waals surface area contributed by atoms with Crippen molar-refractivity contribution in [2.45, 2.75) is 0 Å². The number of urea groups is 1. The van der Waals surface area contributed by atoms with Gasteiger partial charge >= 0.3 is 6.03 Å². The molecule has 0 atom stereocenters. The second-order valence-corrected chi connectivity index (χ2v) is 7.15. The normalized spacial score (nSPS) is 11.1. The highest BCUT2D eigenvalue weighted by molar-refractivity contribution is 7.25. The van der Waals surface area contributed by atoms with Crippen molar-refractivity contribution in [1.82, 2.24) is 9.97 Å². The van der Waals surface area contributed by atoms with Gasteiger partial charge in [-0.2, -0.15) is 0 Å². The lowest BCUT2D eigenvalue weighted by atomic mass is 10.2. The summed E-state index contributed by atoms with van der Waals surface area (Å²) in [6.07, 6.45) is 0. The predicted octanol–water partition coefficient (Wildman–Crippen LogP) is 5.64. The van der Waals surface area contributed by atoms with Crippen LogP contribution in [0.15, 0.2) is 72.8 Å². The van der Waals surface area contributed by atoms with E-state index in [1.165, 1.54) is 0 Å². The maximum absolute atomic E-state index is 12.2. The summed E-state index contributed by atoms with van der Waals surface area (Å²) in [7, 11) is 0. The molecule has 2 N–H and O–H groups in total. The minimum atomic E-state index is -0.281. The van der Waals surface area contributed by atoms with Crippen LogP contribution in [0.1, 0.15) is 0 Å². The molecule has 0 unspecified atom stereocenters. The summed E-state index contributed by atoms with van der Waals surface area (Å²) >= 11 is 1.60. The maximum Gasteiger partial charge on any atom is 0.323 e. The van der Waals surface area contributed by atoms with E-state index >= 15 is 0 Å². The van der Waals surface area contributed by atoms with Crippen LogP contribution in [0.2, 0.25) is 0 Å². The quantitative estimate of drug-likeness (QED) is 0.422. The van der Waals surface area contributed by atoms with Gasteiger partial charge in [-0.3, -0.25) is 0 Å². The molecule has 6 heteroatoms. The van der Waals surface area contributed by atoms with Crippen LogP contribution >= 0.6 is 11.3 Å². The zero-order valence-corrected chi connectivity index (χ0v) is 15.0. The topological polar surface area (TPSA) is 66.9 Å². The summed E-state index contributed by atoms with van der Waals surface area (Å²) in [6, 6.07) is 22.7. The van der Waals surface area contributed by atoms with E-state index in [0.29, 0.717) is 5.69 Å². The lowest BCUT2D eigenvalue weighted by molar-refractivity contribution is 0.262. The van der Waals surface area contributed by atoms with Crippen LogP contribution in [-0.2, 0) is 0 Å². The molecular weight excluding hydrogens is 356 g/mol. The van der Waals surface area contributed by atoms with Crippen molar-refractivity contribution in [2.24, 2.45) is 0 Å². The molecule has 0 aliphatic rings. The fraction of sp³-hybridized carbons (Fsp3) is 0. The largest absolute Gasteiger partial charge is 0.323 e. The van der Waals surface area contributed by atoms with Gasteiger partial charge in [0.1, 0.15) is 10.3 Å². The molecule has 0 aliphatic carbocycles. The highest BCUT2D eigenvalue weighted by atomic mass is 32.1. The first-order chi connectivity index (χ1) is 13.3. The molecule has 2 heterocycles. The highest BCUT2D eigenvalue weighted by Crippen LogP contribution is 2.34. The molecule has 5 nitrogen and oxygen atoms in total. The average Bonchev–Trinajstić information content (AvgIpc) is 3.04. The van der Waals surface area contributed by atoms with Gasteiger partial charge in [-0.15, -0.1) is 11.3 Å². The zero-order valence-electron chi connectivity index (χ0n) is 14.1. The Kier molecular flexibility index (Phi) is 3.69. The maximum atomic E-state index is 12.2. The van der Waals surface area contributed by atoms with Gasteiger partial charge in [0, 0.05) is 21.5 Å². The molecular formula is C21H14N4OS. The number of rotatable bonds is 2. The third-order valence-corrected chi connectivity index (χ3v) is 5.32.